The van der Waals surface area contributed by atoms with Crippen molar-refractivity contribution in [3.8, 4) is 5.75 Å². The highest BCUT2D eigenvalue weighted by molar-refractivity contribution is 5.83. The molecule has 0 unspecified atom stereocenters. The summed E-state index contributed by atoms with van der Waals surface area (Å²) in [5.41, 5.74) is 6.20. The van der Waals surface area contributed by atoms with Crippen molar-refractivity contribution in [1.82, 2.24) is 4.90 Å². The lowest BCUT2D eigenvalue weighted by Gasteiger charge is -2.21. The summed E-state index contributed by atoms with van der Waals surface area (Å²) in [7, 11) is 0. The highest BCUT2D eigenvalue weighted by Gasteiger charge is 2.17. The monoisotopic (exact) mass is 294 g/mol. The molecule has 21 heavy (non-hydrogen) atoms. The fraction of sp³-hybridized carbons (Fsp3) is 0.467. The third-order valence-electron chi connectivity index (χ3n) is 2.71. The van der Waals surface area contributed by atoms with Crippen LogP contribution in [0, 0.1) is 0 Å². The van der Waals surface area contributed by atoms with Gasteiger partial charge in [-0.25, -0.2) is 0 Å². The van der Waals surface area contributed by atoms with Crippen LogP contribution in [0.1, 0.15) is 20.3 Å². The largest absolute Gasteiger partial charge is 0.484 e. The molecular weight excluding hydrogens is 272 g/mol. The molecule has 0 fully saturated rings. The molecule has 0 saturated carbocycles. The predicted octanol–water partition coefficient (Wildman–Crippen LogP) is 1.45. The molecule has 0 bridgehead atoms. The van der Waals surface area contributed by atoms with Gasteiger partial charge in [-0.1, -0.05) is 6.92 Å². The predicted molar refractivity (Wildman–Crippen MR) is 79.9 cm³/mol. The number of nitrogens with zero attached hydrogens (tertiary/aromatic N) is 1. The maximum absolute atomic E-state index is 12.1. The molecule has 0 aliphatic rings. The summed E-state index contributed by atoms with van der Waals surface area (Å²) in [5.74, 6) is -0.0985. The molecule has 0 atom stereocenters. The van der Waals surface area contributed by atoms with Crippen molar-refractivity contribution in [1.29, 1.82) is 0 Å². The lowest BCUT2D eigenvalue weighted by molar-refractivity contribution is -0.149. The second kappa shape index (κ2) is 8.84. The van der Waals surface area contributed by atoms with E-state index in [1.165, 1.54) is 4.90 Å². The third-order valence-corrected chi connectivity index (χ3v) is 2.71. The number of carbonyl (C=O) groups is 2. The van der Waals surface area contributed by atoms with Gasteiger partial charge in [0, 0.05) is 12.2 Å². The Kier molecular flexibility index (Phi) is 7.08. The first-order valence-electron chi connectivity index (χ1n) is 6.98. The van der Waals surface area contributed by atoms with E-state index in [-0.39, 0.29) is 19.1 Å². The average Bonchev–Trinajstić information content (AvgIpc) is 2.46. The molecule has 1 rings (SSSR count). The van der Waals surface area contributed by atoms with E-state index in [9.17, 15) is 9.59 Å². The topological polar surface area (TPSA) is 81.9 Å². The van der Waals surface area contributed by atoms with Crippen LogP contribution < -0.4 is 10.5 Å². The molecule has 0 saturated heterocycles. The van der Waals surface area contributed by atoms with E-state index in [2.05, 4.69) is 0 Å². The summed E-state index contributed by atoms with van der Waals surface area (Å²) >= 11 is 0. The number of rotatable bonds is 8. The number of nitrogen functional groups attached to an aromatic ring is 1. The Morgan fingerprint density at radius 3 is 2.43 bits per heavy atom. The van der Waals surface area contributed by atoms with E-state index >= 15 is 0 Å². The minimum absolute atomic E-state index is 0.0500. The Morgan fingerprint density at radius 2 is 1.86 bits per heavy atom. The lowest BCUT2D eigenvalue weighted by Crippen LogP contribution is -2.39. The highest BCUT2D eigenvalue weighted by atomic mass is 16.5. The van der Waals surface area contributed by atoms with Gasteiger partial charge in [-0.15, -0.1) is 0 Å². The molecule has 0 heterocycles. The first-order valence-corrected chi connectivity index (χ1v) is 6.98. The minimum atomic E-state index is -0.410. The zero-order valence-corrected chi connectivity index (χ0v) is 12.5. The first kappa shape index (κ1) is 16.8. The molecule has 0 spiro atoms. The molecule has 0 aliphatic heterocycles. The van der Waals surface area contributed by atoms with Crippen LogP contribution in [0.15, 0.2) is 24.3 Å². The summed E-state index contributed by atoms with van der Waals surface area (Å²) in [6.45, 7) is 4.28. The van der Waals surface area contributed by atoms with Gasteiger partial charge in [0.25, 0.3) is 5.91 Å². The Bertz CT molecular complexity index is 459. The van der Waals surface area contributed by atoms with E-state index in [1.807, 2.05) is 6.92 Å². The summed E-state index contributed by atoms with van der Waals surface area (Å²) in [6, 6.07) is 6.78. The van der Waals surface area contributed by atoms with Gasteiger partial charge in [0.2, 0.25) is 0 Å². The highest BCUT2D eigenvalue weighted by Crippen LogP contribution is 2.13. The van der Waals surface area contributed by atoms with Gasteiger partial charge in [0.1, 0.15) is 12.3 Å². The Morgan fingerprint density at radius 1 is 1.19 bits per heavy atom. The van der Waals surface area contributed by atoms with E-state index < -0.39 is 5.97 Å². The molecule has 1 amide bonds. The van der Waals surface area contributed by atoms with Crippen molar-refractivity contribution in [2.24, 2.45) is 0 Å². The zero-order chi connectivity index (χ0) is 15.7. The van der Waals surface area contributed by atoms with E-state index in [1.54, 1.807) is 31.2 Å². The van der Waals surface area contributed by atoms with Crippen LogP contribution in [0.4, 0.5) is 5.69 Å². The van der Waals surface area contributed by atoms with Crippen molar-refractivity contribution in [3.05, 3.63) is 24.3 Å². The van der Waals surface area contributed by atoms with Crippen molar-refractivity contribution < 1.29 is 19.1 Å². The van der Waals surface area contributed by atoms with Gasteiger partial charge in [-0.05, 0) is 37.6 Å². The van der Waals surface area contributed by atoms with Crippen LogP contribution in [0.3, 0.4) is 0 Å². The number of esters is 1. The van der Waals surface area contributed by atoms with Crippen molar-refractivity contribution in [2.45, 2.75) is 20.3 Å². The number of carbonyl (C=O) groups excluding carboxylic acids is 2. The molecule has 1 aromatic rings. The minimum Gasteiger partial charge on any atom is -0.484 e. The summed E-state index contributed by atoms with van der Waals surface area (Å²) in [6.07, 6.45) is 0.757. The molecule has 116 valence electrons. The van der Waals surface area contributed by atoms with E-state index in [4.69, 9.17) is 15.2 Å². The summed E-state index contributed by atoms with van der Waals surface area (Å²) in [4.78, 5) is 25.0. The number of amides is 1. The smallest absolute Gasteiger partial charge is 0.325 e. The maximum atomic E-state index is 12.1. The molecule has 0 aromatic heterocycles. The summed E-state index contributed by atoms with van der Waals surface area (Å²) in [5, 5.41) is 0. The zero-order valence-electron chi connectivity index (χ0n) is 12.5. The second-order valence-electron chi connectivity index (χ2n) is 4.48. The molecular formula is C15H22N2O4. The molecule has 0 aliphatic carbocycles. The van der Waals surface area contributed by atoms with Crippen molar-refractivity contribution in [3.63, 3.8) is 0 Å². The Balaban J connectivity index is 2.51. The quantitative estimate of drug-likeness (QED) is 0.579. The number of hydrogen-bond acceptors (Lipinski definition) is 5. The molecule has 6 nitrogen and oxygen atoms in total. The third kappa shape index (κ3) is 6.16. The van der Waals surface area contributed by atoms with Crippen LogP contribution in [0.25, 0.3) is 0 Å². The second-order valence-corrected chi connectivity index (χ2v) is 4.48. The SMILES string of the molecule is CCCN(CC(=O)OCC)C(=O)COc1ccc(N)cc1. The number of hydrogen-bond donors (Lipinski definition) is 1. The van der Waals surface area contributed by atoms with E-state index in [0.29, 0.717) is 24.6 Å². The van der Waals surface area contributed by atoms with Gasteiger partial charge >= 0.3 is 5.97 Å². The van der Waals surface area contributed by atoms with Crippen molar-refractivity contribution in [2.75, 3.05) is 32.0 Å². The van der Waals surface area contributed by atoms with Crippen molar-refractivity contribution >= 4 is 17.6 Å². The van der Waals surface area contributed by atoms with Gasteiger partial charge in [-0.2, -0.15) is 0 Å². The van der Waals surface area contributed by atoms with Crippen LogP contribution in [-0.2, 0) is 14.3 Å². The van der Waals surface area contributed by atoms with Crippen LogP contribution >= 0.6 is 0 Å². The van der Waals surface area contributed by atoms with Crippen LogP contribution in [-0.4, -0.2) is 43.1 Å². The fourth-order valence-electron chi connectivity index (χ4n) is 1.72. The average molecular weight is 294 g/mol. The Labute approximate surface area is 124 Å². The molecule has 2 N–H and O–H groups in total. The van der Waals surface area contributed by atoms with Gasteiger partial charge in [-0.3, -0.25) is 9.59 Å². The molecule has 6 heteroatoms. The number of nitrogens with two attached hydrogens (primary N) is 1. The van der Waals surface area contributed by atoms with E-state index in [0.717, 1.165) is 6.42 Å². The maximum Gasteiger partial charge on any atom is 0.325 e. The number of benzene rings is 1. The fourth-order valence-corrected chi connectivity index (χ4v) is 1.72. The number of anilines is 1. The normalized spacial score (nSPS) is 10.0. The lowest BCUT2D eigenvalue weighted by atomic mass is 10.3. The molecule has 1 aromatic carbocycles. The first-order chi connectivity index (χ1) is 10.1. The van der Waals surface area contributed by atoms with Gasteiger partial charge < -0.3 is 20.1 Å². The van der Waals surface area contributed by atoms with Crippen LogP contribution in [0.5, 0.6) is 5.75 Å². The Hall–Kier alpha value is -2.24. The van der Waals surface area contributed by atoms with Crippen LogP contribution in [0.2, 0.25) is 0 Å². The summed E-state index contributed by atoms with van der Waals surface area (Å²) < 4.78 is 10.3. The van der Waals surface area contributed by atoms with Gasteiger partial charge in [0.05, 0.1) is 6.61 Å². The number of ether oxygens (including phenoxy) is 2. The van der Waals surface area contributed by atoms with Gasteiger partial charge in [0.15, 0.2) is 6.61 Å². The molecule has 0 radical (unpaired) electrons. The standard InChI is InChI=1S/C15H22N2O4/c1-3-9-17(10-15(19)20-4-2)14(18)11-21-13-7-5-12(16)6-8-13/h5-8H,3-4,9-11,16H2,1-2H3.